The van der Waals surface area contributed by atoms with Gasteiger partial charge in [-0.15, -0.1) is 5.10 Å². The number of aryl methyl sites for hydroxylation is 1. The van der Waals surface area contributed by atoms with Gasteiger partial charge >= 0.3 is 5.76 Å². The lowest BCUT2D eigenvalue weighted by atomic mass is 10.0. The number of nitrogens with two attached hydrogens (primary N) is 1. The van der Waals surface area contributed by atoms with E-state index in [4.69, 9.17) is 10.2 Å². The zero-order valence-electron chi connectivity index (χ0n) is 9.06. The Morgan fingerprint density at radius 2 is 2.20 bits per heavy atom. The Labute approximate surface area is 87.1 Å². The molecule has 15 heavy (non-hydrogen) atoms. The van der Waals surface area contributed by atoms with E-state index in [0.717, 1.165) is 4.68 Å². The van der Waals surface area contributed by atoms with E-state index in [1.807, 2.05) is 13.8 Å². The van der Waals surface area contributed by atoms with Crippen LogP contribution in [0.2, 0.25) is 0 Å². The zero-order chi connectivity index (χ0) is 11.6. The molecule has 1 aromatic rings. The number of rotatable bonds is 4. The van der Waals surface area contributed by atoms with Crippen LogP contribution in [0.4, 0.5) is 0 Å². The van der Waals surface area contributed by atoms with Crippen molar-refractivity contribution in [1.29, 1.82) is 0 Å². The van der Waals surface area contributed by atoms with E-state index in [-0.39, 0.29) is 11.8 Å². The summed E-state index contributed by atoms with van der Waals surface area (Å²) >= 11 is 0. The molecule has 0 amide bonds. The van der Waals surface area contributed by atoms with Crippen molar-refractivity contribution in [2.45, 2.75) is 33.4 Å². The standard InChI is InChI=1S/C9H15N3O3/c1-4-12-9(14)15-8(11-12)7(13)6(10)5(2)3/h5-6H,4,10H2,1-3H3. The van der Waals surface area contributed by atoms with Crippen molar-refractivity contribution >= 4 is 5.78 Å². The quantitative estimate of drug-likeness (QED) is 0.712. The molecule has 6 nitrogen and oxygen atoms in total. The summed E-state index contributed by atoms with van der Waals surface area (Å²) in [5.74, 6) is -1.29. The molecule has 0 aliphatic carbocycles. The second-order valence-electron chi connectivity index (χ2n) is 3.62. The van der Waals surface area contributed by atoms with E-state index in [1.165, 1.54) is 0 Å². The Bertz CT molecular complexity index is 405. The maximum Gasteiger partial charge on any atom is 0.437 e. The molecule has 84 valence electrons. The molecule has 0 saturated carbocycles. The first-order valence-corrected chi connectivity index (χ1v) is 4.85. The third-order valence-corrected chi connectivity index (χ3v) is 2.14. The van der Waals surface area contributed by atoms with Gasteiger partial charge in [0.05, 0.1) is 6.04 Å². The number of hydrogen-bond acceptors (Lipinski definition) is 5. The monoisotopic (exact) mass is 213 g/mol. The summed E-state index contributed by atoms with van der Waals surface area (Å²) in [6.07, 6.45) is 0. The number of hydrogen-bond donors (Lipinski definition) is 1. The second-order valence-corrected chi connectivity index (χ2v) is 3.62. The van der Waals surface area contributed by atoms with E-state index in [9.17, 15) is 9.59 Å². The molecule has 6 heteroatoms. The maximum absolute atomic E-state index is 11.6. The number of nitrogens with zero attached hydrogens (tertiary/aromatic N) is 2. The van der Waals surface area contributed by atoms with Crippen molar-refractivity contribution in [3.8, 4) is 0 Å². The highest BCUT2D eigenvalue weighted by Crippen LogP contribution is 2.05. The highest BCUT2D eigenvalue weighted by atomic mass is 16.4. The van der Waals surface area contributed by atoms with Gasteiger partial charge in [0.1, 0.15) is 0 Å². The molecule has 2 N–H and O–H groups in total. The molecule has 0 bridgehead atoms. The van der Waals surface area contributed by atoms with Gasteiger partial charge in [0, 0.05) is 6.54 Å². The molecule has 0 radical (unpaired) electrons. The van der Waals surface area contributed by atoms with Gasteiger partial charge in [-0.05, 0) is 12.8 Å². The Morgan fingerprint density at radius 3 is 2.60 bits per heavy atom. The Hall–Kier alpha value is -1.43. The highest BCUT2D eigenvalue weighted by Gasteiger charge is 2.24. The second kappa shape index (κ2) is 4.39. The van der Waals surface area contributed by atoms with Crippen LogP contribution in [0.1, 0.15) is 31.5 Å². The summed E-state index contributed by atoms with van der Waals surface area (Å²) in [5, 5.41) is 3.74. The number of carbonyl (C=O) groups excluding carboxylic acids is 1. The van der Waals surface area contributed by atoms with E-state index in [1.54, 1.807) is 6.92 Å². The smallest absolute Gasteiger partial charge is 0.384 e. The first-order valence-electron chi connectivity index (χ1n) is 4.85. The fourth-order valence-corrected chi connectivity index (χ4v) is 1.05. The fourth-order valence-electron chi connectivity index (χ4n) is 1.05. The fraction of sp³-hybridized carbons (Fsp3) is 0.667. The van der Waals surface area contributed by atoms with Gasteiger partial charge in [-0.3, -0.25) is 4.79 Å². The van der Waals surface area contributed by atoms with Gasteiger partial charge in [-0.2, -0.15) is 4.68 Å². The maximum atomic E-state index is 11.6. The first-order chi connectivity index (χ1) is 6.97. The molecule has 1 rings (SSSR count). The Morgan fingerprint density at radius 1 is 1.60 bits per heavy atom. The molecular formula is C9H15N3O3. The topological polar surface area (TPSA) is 91.1 Å². The molecule has 0 saturated heterocycles. The van der Waals surface area contributed by atoms with Crippen LogP contribution in [0.3, 0.4) is 0 Å². The van der Waals surface area contributed by atoms with Crippen molar-refractivity contribution in [2.75, 3.05) is 0 Å². The van der Waals surface area contributed by atoms with E-state index >= 15 is 0 Å². The predicted octanol–water partition coefficient (Wildman–Crippen LogP) is 0.0222. The molecule has 0 spiro atoms. The average molecular weight is 213 g/mol. The lowest BCUT2D eigenvalue weighted by Crippen LogP contribution is -2.35. The van der Waals surface area contributed by atoms with Crippen LogP contribution in [0.15, 0.2) is 9.21 Å². The zero-order valence-corrected chi connectivity index (χ0v) is 9.06. The highest BCUT2D eigenvalue weighted by molar-refractivity contribution is 5.95. The van der Waals surface area contributed by atoms with Gasteiger partial charge < -0.3 is 10.2 Å². The summed E-state index contributed by atoms with van der Waals surface area (Å²) in [7, 11) is 0. The summed E-state index contributed by atoms with van der Waals surface area (Å²) in [5.41, 5.74) is 5.63. The summed E-state index contributed by atoms with van der Waals surface area (Å²) in [6.45, 7) is 5.74. The lowest BCUT2D eigenvalue weighted by Gasteiger charge is -2.10. The van der Waals surface area contributed by atoms with Crippen molar-refractivity contribution < 1.29 is 9.21 Å². The van der Waals surface area contributed by atoms with Crippen LogP contribution in [0.5, 0.6) is 0 Å². The SMILES string of the molecule is CCn1nc(C(=O)C(N)C(C)C)oc1=O. The molecule has 0 fully saturated rings. The molecule has 0 aliphatic rings. The van der Waals surface area contributed by atoms with Crippen LogP contribution < -0.4 is 11.5 Å². The van der Waals surface area contributed by atoms with Crippen LogP contribution >= 0.6 is 0 Å². The molecule has 1 unspecified atom stereocenters. The van der Waals surface area contributed by atoms with Crippen LogP contribution in [-0.2, 0) is 6.54 Å². The molecule has 1 heterocycles. The molecule has 0 aliphatic heterocycles. The number of Topliss-reactive ketones (excluding diaryl/α,β-unsaturated/α-hetero) is 1. The van der Waals surface area contributed by atoms with E-state index in [0.29, 0.717) is 6.54 Å². The normalized spacial score (nSPS) is 13.1. The van der Waals surface area contributed by atoms with Crippen LogP contribution in [0.25, 0.3) is 0 Å². The largest absolute Gasteiger partial charge is 0.437 e. The van der Waals surface area contributed by atoms with E-state index in [2.05, 4.69) is 5.10 Å². The third-order valence-electron chi connectivity index (χ3n) is 2.14. The minimum atomic E-state index is -0.687. The molecular weight excluding hydrogens is 198 g/mol. The first kappa shape index (κ1) is 11.6. The number of carbonyl (C=O) groups is 1. The number of aromatic nitrogens is 2. The third kappa shape index (κ3) is 2.33. The summed E-state index contributed by atoms with van der Waals surface area (Å²) in [4.78, 5) is 22.7. The Balaban J connectivity index is 2.97. The van der Waals surface area contributed by atoms with E-state index < -0.39 is 17.6 Å². The minimum Gasteiger partial charge on any atom is -0.384 e. The van der Waals surface area contributed by atoms with Crippen molar-refractivity contribution in [1.82, 2.24) is 9.78 Å². The van der Waals surface area contributed by atoms with Gasteiger partial charge in [-0.1, -0.05) is 13.8 Å². The minimum absolute atomic E-state index is 0.0189. The Kier molecular flexibility index (Phi) is 3.41. The predicted molar refractivity (Wildman–Crippen MR) is 53.6 cm³/mol. The average Bonchev–Trinajstić information content (AvgIpc) is 2.57. The lowest BCUT2D eigenvalue weighted by molar-refractivity contribution is 0.0904. The molecule has 1 atom stereocenters. The van der Waals surface area contributed by atoms with Crippen molar-refractivity contribution in [3.05, 3.63) is 16.4 Å². The van der Waals surface area contributed by atoms with Crippen LogP contribution in [0, 0.1) is 5.92 Å². The van der Waals surface area contributed by atoms with Gasteiger partial charge in [0.2, 0.25) is 5.78 Å². The van der Waals surface area contributed by atoms with Gasteiger partial charge in [0.15, 0.2) is 0 Å². The van der Waals surface area contributed by atoms with Gasteiger partial charge in [-0.25, -0.2) is 4.79 Å². The van der Waals surface area contributed by atoms with Gasteiger partial charge in [0.25, 0.3) is 5.89 Å². The molecule has 0 aromatic carbocycles. The number of ketones is 1. The van der Waals surface area contributed by atoms with Crippen molar-refractivity contribution in [3.63, 3.8) is 0 Å². The van der Waals surface area contributed by atoms with Crippen molar-refractivity contribution in [2.24, 2.45) is 11.7 Å². The van der Waals surface area contributed by atoms with Crippen LogP contribution in [-0.4, -0.2) is 21.6 Å². The summed E-state index contributed by atoms with van der Waals surface area (Å²) < 4.78 is 5.79. The summed E-state index contributed by atoms with van der Waals surface area (Å²) in [6, 6.07) is -0.687. The molecule has 1 aromatic heterocycles.